The highest BCUT2D eigenvalue weighted by atomic mass is 16.3. The topological polar surface area (TPSA) is 63.0 Å². The van der Waals surface area contributed by atoms with Gasteiger partial charge in [-0.25, -0.2) is 4.98 Å². The highest BCUT2D eigenvalue weighted by molar-refractivity contribution is 5.16. The average molecular weight is 244 g/mol. The Labute approximate surface area is 106 Å². The predicted molar refractivity (Wildman–Crippen MR) is 66.8 cm³/mol. The van der Waals surface area contributed by atoms with Crippen molar-refractivity contribution in [2.45, 2.75) is 25.6 Å². The minimum atomic E-state index is -0.550. The molecule has 5 nitrogen and oxygen atoms in total. The summed E-state index contributed by atoms with van der Waals surface area (Å²) in [6.07, 6.45) is 5.47. The number of hydrogen-bond acceptors (Lipinski definition) is 4. The first-order chi connectivity index (χ1) is 8.83. The number of aromatic nitrogens is 3. The molecular weight excluding hydrogens is 228 g/mol. The van der Waals surface area contributed by atoms with Crippen molar-refractivity contribution in [1.82, 2.24) is 19.9 Å². The lowest BCUT2D eigenvalue weighted by Crippen LogP contribution is -2.27. The minimum absolute atomic E-state index is 0.550. The van der Waals surface area contributed by atoms with Gasteiger partial charge in [-0.3, -0.25) is 4.98 Å². The summed E-state index contributed by atoms with van der Waals surface area (Å²) in [4.78, 5) is 8.45. The number of rotatable bonds is 3. The second kappa shape index (κ2) is 4.88. The molecule has 18 heavy (non-hydrogen) atoms. The van der Waals surface area contributed by atoms with Crippen LogP contribution in [0.2, 0.25) is 0 Å². The molecule has 0 saturated carbocycles. The van der Waals surface area contributed by atoms with Gasteiger partial charge in [0.05, 0.1) is 12.2 Å². The van der Waals surface area contributed by atoms with Gasteiger partial charge >= 0.3 is 0 Å². The Morgan fingerprint density at radius 1 is 1.39 bits per heavy atom. The van der Waals surface area contributed by atoms with Crippen molar-refractivity contribution in [3.63, 3.8) is 0 Å². The zero-order chi connectivity index (χ0) is 12.4. The number of nitrogens with one attached hydrogen (secondary N) is 1. The third kappa shape index (κ3) is 2.27. The average Bonchev–Trinajstić information content (AvgIpc) is 2.84. The van der Waals surface area contributed by atoms with Gasteiger partial charge in [0.15, 0.2) is 0 Å². The molecule has 0 spiro atoms. The van der Waals surface area contributed by atoms with Crippen LogP contribution in [0.3, 0.4) is 0 Å². The summed E-state index contributed by atoms with van der Waals surface area (Å²) < 4.78 is 2.11. The van der Waals surface area contributed by atoms with Gasteiger partial charge in [-0.2, -0.15) is 0 Å². The maximum Gasteiger partial charge on any atom is 0.123 e. The first-order valence-corrected chi connectivity index (χ1v) is 6.16. The van der Waals surface area contributed by atoms with Crippen LogP contribution in [0.15, 0.2) is 30.7 Å². The van der Waals surface area contributed by atoms with E-state index >= 15 is 0 Å². The van der Waals surface area contributed by atoms with E-state index in [1.165, 1.54) is 0 Å². The zero-order valence-electron chi connectivity index (χ0n) is 10.1. The Hall–Kier alpha value is -1.72. The number of hydrogen-bond donors (Lipinski definition) is 2. The molecule has 0 fully saturated rings. The number of nitrogens with zero attached hydrogens (tertiary/aromatic N) is 3. The molecule has 3 heterocycles. The van der Waals surface area contributed by atoms with E-state index in [0.717, 1.165) is 36.7 Å². The van der Waals surface area contributed by atoms with E-state index in [2.05, 4.69) is 19.9 Å². The molecule has 2 N–H and O–H groups in total. The summed E-state index contributed by atoms with van der Waals surface area (Å²) in [5, 5.41) is 13.5. The van der Waals surface area contributed by atoms with Gasteiger partial charge in [0.1, 0.15) is 11.9 Å². The summed E-state index contributed by atoms with van der Waals surface area (Å²) in [6.45, 7) is 2.66. The smallest absolute Gasteiger partial charge is 0.123 e. The lowest BCUT2D eigenvalue weighted by Gasteiger charge is -2.13. The summed E-state index contributed by atoms with van der Waals surface area (Å²) in [6, 6.07) is 3.83. The van der Waals surface area contributed by atoms with E-state index in [1.54, 1.807) is 12.4 Å². The third-order valence-electron chi connectivity index (χ3n) is 3.21. The molecule has 2 aromatic heterocycles. The predicted octanol–water partition coefficient (Wildman–Crippen LogP) is 0.657. The fourth-order valence-corrected chi connectivity index (χ4v) is 2.22. The SMILES string of the molecule is OC(Cc1ccncc1)c1cn2c(n1)CNCC2. The zero-order valence-corrected chi connectivity index (χ0v) is 10.1. The second-order valence-electron chi connectivity index (χ2n) is 4.53. The first-order valence-electron chi connectivity index (χ1n) is 6.16. The normalized spacial score (nSPS) is 16.3. The number of aliphatic hydroxyl groups is 1. The van der Waals surface area contributed by atoms with Crippen molar-refractivity contribution >= 4 is 0 Å². The van der Waals surface area contributed by atoms with Crippen LogP contribution >= 0.6 is 0 Å². The van der Waals surface area contributed by atoms with Gasteiger partial charge in [-0.15, -0.1) is 0 Å². The summed E-state index contributed by atoms with van der Waals surface area (Å²) >= 11 is 0. The van der Waals surface area contributed by atoms with Gasteiger partial charge in [0.25, 0.3) is 0 Å². The monoisotopic (exact) mass is 244 g/mol. The molecule has 0 amide bonds. The van der Waals surface area contributed by atoms with Gasteiger partial charge in [0, 0.05) is 38.1 Å². The highest BCUT2D eigenvalue weighted by Crippen LogP contribution is 2.18. The summed E-state index contributed by atoms with van der Waals surface area (Å²) in [5.41, 5.74) is 1.83. The molecule has 1 aliphatic heterocycles. The number of imidazole rings is 1. The minimum Gasteiger partial charge on any atom is -0.386 e. The van der Waals surface area contributed by atoms with Crippen molar-refractivity contribution < 1.29 is 5.11 Å². The Bertz CT molecular complexity index is 500. The Kier molecular flexibility index (Phi) is 3.08. The van der Waals surface area contributed by atoms with Crippen LogP contribution in [0, 0.1) is 0 Å². The van der Waals surface area contributed by atoms with E-state index < -0.39 is 6.10 Å². The lowest BCUT2D eigenvalue weighted by atomic mass is 10.1. The van der Waals surface area contributed by atoms with Crippen LogP contribution in [0.1, 0.15) is 23.2 Å². The van der Waals surface area contributed by atoms with Gasteiger partial charge in [-0.05, 0) is 17.7 Å². The van der Waals surface area contributed by atoms with E-state index in [0.29, 0.717) is 6.42 Å². The number of aliphatic hydroxyl groups excluding tert-OH is 1. The molecule has 3 rings (SSSR count). The first kappa shape index (κ1) is 11.4. The van der Waals surface area contributed by atoms with E-state index in [4.69, 9.17) is 0 Å². The lowest BCUT2D eigenvalue weighted by molar-refractivity contribution is 0.174. The highest BCUT2D eigenvalue weighted by Gasteiger charge is 2.17. The third-order valence-corrected chi connectivity index (χ3v) is 3.21. The molecule has 0 aliphatic carbocycles. The fraction of sp³-hybridized carbons (Fsp3) is 0.385. The molecule has 94 valence electrons. The van der Waals surface area contributed by atoms with Crippen LogP contribution in [0.25, 0.3) is 0 Å². The Morgan fingerprint density at radius 3 is 3.00 bits per heavy atom. The van der Waals surface area contributed by atoms with Gasteiger partial charge in [-0.1, -0.05) is 0 Å². The van der Waals surface area contributed by atoms with Crippen LogP contribution in [0.5, 0.6) is 0 Å². The molecule has 0 aromatic carbocycles. The van der Waals surface area contributed by atoms with Crippen molar-refractivity contribution in [3.8, 4) is 0 Å². The number of pyridine rings is 1. The molecule has 2 aromatic rings. The van der Waals surface area contributed by atoms with Crippen LogP contribution in [-0.4, -0.2) is 26.2 Å². The van der Waals surface area contributed by atoms with Crippen LogP contribution < -0.4 is 5.32 Å². The maximum atomic E-state index is 10.2. The molecule has 0 radical (unpaired) electrons. The van der Waals surface area contributed by atoms with Gasteiger partial charge in [0.2, 0.25) is 0 Å². The molecule has 0 saturated heterocycles. The fourth-order valence-electron chi connectivity index (χ4n) is 2.22. The molecule has 1 atom stereocenters. The van der Waals surface area contributed by atoms with Crippen LogP contribution in [-0.2, 0) is 19.5 Å². The van der Waals surface area contributed by atoms with Crippen molar-refractivity contribution in [3.05, 3.63) is 47.8 Å². The Balaban J connectivity index is 1.76. The summed E-state index contributed by atoms with van der Waals surface area (Å²) in [7, 11) is 0. The molecule has 1 aliphatic rings. The van der Waals surface area contributed by atoms with Crippen molar-refractivity contribution in [1.29, 1.82) is 0 Å². The van der Waals surface area contributed by atoms with Crippen molar-refractivity contribution in [2.75, 3.05) is 6.54 Å². The molecule has 0 bridgehead atoms. The van der Waals surface area contributed by atoms with Crippen molar-refractivity contribution in [2.24, 2.45) is 0 Å². The Morgan fingerprint density at radius 2 is 2.22 bits per heavy atom. The largest absolute Gasteiger partial charge is 0.386 e. The van der Waals surface area contributed by atoms with E-state index in [9.17, 15) is 5.11 Å². The van der Waals surface area contributed by atoms with Crippen LogP contribution in [0.4, 0.5) is 0 Å². The van der Waals surface area contributed by atoms with Gasteiger partial charge < -0.3 is 15.0 Å². The maximum absolute atomic E-state index is 10.2. The quantitative estimate of drug-likeness (QED) is 0.832. The molecule has 5 heteroatoms. The number of fused-ring (bicyclic) bond motifs is 1. The summed E-state index contributed by atoms with van der Waals surface area (Å²) in [5.74, 6) is 1.00. The van der Waals surface area contributed by atoms with E-state index in [-0.39, 0.29) is 0 Å². The molecule has 1 unspecified atom stereocenters. The standard InChI is InChI=1S/C13H16N4O/c18-12(7-10-1-3-14-4-2-10)11-9-17-6-5-15-8-13(17)16-11/h1-4,9,12,15,18H,5-8H2. The second-order valence-corrected chi connectivity index (χ2v) is 4.53. The molecular formula is C13H16N4O. The van der Waals surface area contributed by atoms with E-state index in [1.807, 2.05) is 18.3 Å².